The van der Waals surface area contributed by atoms with Gasteiger partial charge in [-0.2, -0.15) is 0 Å². The van der Waals surface area contributed by atoms with Crippen LogP contribution in [0, 0.1) is 5.92 Å². The summed E-state index contributed by atoms with van der Waals surface area (Å²) in [6.45, 7) is 1.14. The topological polar surface area (TPSA) is 70.5 Å². The Balaban J connectivity index is 1.96. The van der Waals surface area contributed by atoms with Crippen molar-refractivity contribution in [3.63, 3.8) is 0 Å². The molecule has 102 valence electrons. The molecule has 1 aliphatic rings. The minimum atomic E-state index is -0.778. The highest BCUT2D eigenvalue weighted by atomic mass is 35.5. The lowest BCUT2D eigenvalue weighted by Crippen LogP contribution is -2.39. The molecule has 1 saturated heterocycles. The van der Waals surface area contributed by atoms with E-state index in [1.807, 2.05) is 0 Å². The SMILES string of the molecule is O=C(O)CC1CCN(C(=O)c2cnccc2Cl)CC1. The highest BCUT2D eigenvalue weighted by molar-refractivity contribution is 6.33. The Kier molecular flexibility index (Phi) is 4.37. The lowest BCUT2D eigenvalue weighted by molar-refractivity contribution is -0.138. The molecule has 0 atom stereocenters. The number of likely N-dealkylation sites (tertiary alicyclic amines) is 1. The predicted octanol–water partition coefficient (Wildman–Crippen LogP) is 2.06. The van der Waals surface area contributed by atoms with Gasteiger partial charge in [0.1, 0.15) is 0 Å². The Morgan fingerprint density at radius 2 is 2.11 bits per heavy atom. The number of piperidine rings is 1. The molecule has 1 fully saturated rings. The maximum absolute atomic E-state index is 12.2. The third kappa shape index (κ3) is 3.44. The zero-order chi connectivity index (χ0) is 13.8. The van der Waals surface area contributed by atoms with E-state index in [0.29, 0.717) is 23.7 Å². The van der Waals surface area contributed by atoms with Gasteiger partial charge in [0.25, 0.3) is 5.91 Å². The molecule has 1 aromatic rings. The number of hydrogen-bond acceptors (Lipinski definition) is 3. The number of aromatic nitrogens is 1. The second-order valence-electron chi connectivity index (χ2n) is 4.69. The number of carbonyl (C=O) groups excluding carboxylic acids is 1. The number of carboxylic acids is 1. The van der Waals surface area contributed by atoms with Gasteiger partial charge in [-0.05, 0) is 24.8 Å². The van der Waals surface area contributed by atoms with E-state index in [-0.39, 0.29) is 18.2 Å². The second-order valence-corrected chi connectivity index (χ2v) is 5.10. The first-order chi connectivity index (χ1) is 9.08. The van der Waals surface area contributed by atoms with Crippen LogP contribution in [-0.2, 0) is 4.79 Å². The number of rotatable bonds is 3. The van der Waals surface area contributed by atoms with Crippen LogP contribution in [0.5, 0.6) is 0 Å². The van der Waals surface area contributed by atoms with Gasteiger partial charge in [-0.1, -0.05) is 11.6 Å². The number of carbonyl (C=O) groups is 2. The van der Waals surface area contributed by atoms with Crippen molar-refractivity contribution in [3.8, 4) is 0 Å². The molecule has 19 heavy (non-hydrogen) atoms. The Morgan fingerprint density at radius 3 is 2.68 bits per heavy atom. The Hall–Kier alpha value is -1.62. The molecule has 1 amide bonds. The Bertz CT molecular complexity index is 485. The fourth-order valence-electron chi connectivity index (χ4n) is 2.29. The predicted molar refractivity (Wildman–Crippen MR) is 70.1 cm³/mol. The van der Waals surface area contributed by atoms with Crippen LogP contribution in [-0.4, -0.2) is 40.0 Å². The fourth-order valence-corrected chi connectivity index (χ4v) is 2.48. The van der Waals surface area contributed by atoms with Crippen LogP contribution in [0.15, 0.2) is 18.5 Å². The van der Waals surface area contributed by atoms with Gasteiger partial charge in [0, 0.05) is 31.9 Å². The minimum absolute atomic E-state index is 0.133. The van der Waals surface area contributed by atoms with E-state index in [9.17, 15) is 9.59 Å². The summed E-state index contributed by atoms with van der Waals surface area (Å²) in [5.74, 6) is -0.752. The van der Waals surface area contributed by atoms with Crippen molar-refractivity contribution in [1.29, 1.82) is 0 Å². The zero-order valence-electron chi connectivity index (χ0n) is 10.4. The van der Waals surface area contributed by atoms with Gasteiger partial charge in [-0.15, -0.1) is 0 Å². The number of pyridine rings is 1. The standard InChI is InChI=1S/C13H15ClN2O3/c14-11-1-4-15-8-10(11)13(19)16-5-2-9(3-6-16)7-12(17)18/h1,4,8-9H,2-3,5-7H2,(H,17,18). The van der Waals surface area contributed by atoms with E-state index in [1.165, 1.54) is 12.4 Å². The fraction of sp³-hybridized carbons (Fsp3) is 0.462. The average Bonchev–Trinajstić information content (AvgIpc) is 2.39. The van der Waals surface area contributed by atoms with Gasteiger partial charge in [0.05, 0.1) is 10.6 Å². The summed E-state index contributed by atoms with van der Waals surface area (Å²) in [6, 6.07) is 1.59. The Morgan fingerprint density at radius 1 is 1.42 bits per heavy atom. The maximum atomic E-state index is 12.2. The van der Waals surface area contributed by atoms with Gasteiger partial charge in [-0.25, -0.2) is 0 Å². The van der Waals surface area contributed by atoms with E-state index >= 15 is 0 Å². The highest BCUT2D eigenvalue weighted by Crippen LogP contribution is 2.23. The number of halogens is 1. The minimum Gasteiger partial charge on any atom is -0.481 e. The summed E-state index contributed by atoms with van der Waals surface area (Å²) in [4.78, 5) is 28.5. The maximum Gasteiger partial charge on any atom is 0.303 e. The van der Waals surface area contributed by atoms with Crippen LogP contribution in [0.3, 0.4) is 0 Å². The van der Waals surface area contributed by atoms with Gasteiger partial charge >= 0.3 is 5.97 Å². The van der Waals surface area contributed by atoms with Gasteiger partial charge in [0.15, 0.2) is 0 Å². The third-order valence-corrected chi connectivity index (χ3v) is 3.69. The van der Waals surface area contributed by atoms with E-state index in [1.54, 1.807) is 11.0 Å². The molecule has 0 radical (unpaired) electrons. The molecule has 0 aromatic carbocycles. The van der Waals surface area contributed by atoms with Crippen molar-refractivity contribution >= 4 is 23.5 Å². The number of amides is 1. The van der Waals surface area contributed by atoms with E-state index in [0.717, 1.165) is 12.8 Å². The first kappa shape index (κ1) is 13.8. The van der Waals surface area contributed by atoms with Crippen LogP contribution >= 0.6 is 11.6 Å². The smallest absolute Gasteiger partial charge is 0.303 e. The summed E-state index contributed by atoms with van der Waals surface area (Å²) < 4.78 is 0. The molecule has 5 nitrogen and oxygen atoms in total. The quantitative estimate of drug-likeness (QED) is 0.921. The first-order valence-corrected chi connectivity index (χ1v) is 6.56. The van der Waals surface area contributed by atoms with E-state index in [2.05, 4.69) is 4.98 Å². The number of hydrogen-bond donors (Lipinski definition) is 1. The molecule has 0 saturated carbocycles. The van der Waals surface area contributed by atoms with Crippen molar-refractivity contribution in [2.45, 2.75) is 19.3 Å². The summed E-state index contributed by atoms with van der Waals surface area (Å²) in [7, 11) is 0. The number of carboxylic acid groups (broad SMARTS) is 1. The first-order valence-electron chi connectivity index (χ1n) is 6.18. The van der Waals surface area contributed by atoms with Crippen molar-refractivity contribution in [3.05, 3.63) is 29.0 Å². The van der Waals surface area contributed by atoms with Gasteiger partial charge < -0.3 is 10.0 Å². The molecular formula is C13H15ClN2O3. The molecule has 2 rings (SSSR count). The van der Waals surface area contributed by atoms with Crippen LogP contribution in [0.25, 0.3) is 0 Å². The molecule has 0 bridgehead atoms. The molecule has 1 N–H and O–H groups in total. The molecule has 0 aliphatic carbocycles. The normalized spacial score (nSPS) is 16.4. The zero-order valence-corrected chi connectivity index (χ0v) is 11.1. The van der Waals surface area contributed by atoms with Crippen LogP contribution in [0.2, 0.25) is 5.02 Å². The molecule has 1 aliphatic heterocycles. The van der Waals surface area contributed by atoms with E-state index < -0.39 is 5.97 Å². The van der Waals surface area contributed by atoms with Crippen LogP contribution in [0.1, 0.15) is 29.6 Å². The van der Waals surface area contributed by atoms with Crippen molar-refractivity contribution in [2.75, 3.05) is 13.1 Å². The summed E-state index contributed by atoms with van der Waals surface area (Å²) in [6.07, 6.45) is 4.62. The second kappa shape index (κ2) is 6.02. The third-order valence-electron chi connectivity index (χ3n) is 3.36. The molecular weight excluding hydrogens is 268 g/mol. The largest absolute Gasteiger partial charge is 0.481 e. The molecule has 0 spiro atoms. The Labute approximate surface area is 116 Å². The molecule has 0 unspecified atom stereocenters. The van der Waals surface area contributed by atoms with Crippen molar-refractivity contribution in [2.24, 2.45) is 5.92 Å². The summed E-state index contributed by atoms with van der Waals surface area (Å²) in [5, 5.41) is 9.14. The van der Waals surface area contributed by atoms with Crippen LogP contribution < -0.4 is 0 Å². The molecule has 1 aromatic heterocycles. The van der Waals surface area contributed by atoms with Crippen molar-refractivity contribution < 1.29 is 14.7 Å². The van der Waals surface area contributed by atoms with E-state index in [4.69, 9.17) is 16.7 Å². The van der Waals surface area contributed by atoms with Crippen LogP contribution in [0.4, 0.5) is 0 Å². The highest BCUT2D eigenvalue weighted by Gasteiger charge is 2.25. The molecule has 6 heteroatoms. The van der Waals surface area contributed by atoms with Crippen molar-refractivity contribution in [1.82, 2.24) is 9.88 Å². The van der Waals surface area contributed by atoms with Gasteiger partial charge in [0.2, 0.25) is 0 Å². The summed E-state index contributed by atoms with van der Waals surface area (Å²) >= 11 is 5.97. The monoisotopic (exact) mass is 282 g/mol. The van der Waals surface area contributed by atoms with Gasteiger partial charge in [-0.3, -0.25) is 14.6 Å². The lowest BCUT2D eigenvalue weighted by Gasteiger charge is -2.31. The number of nitrogens with zero attached hydrogens (tertiary/aromatic N) is 2. The number of aliphatic carboxylic acids is 1. The lowest BCUT2D eigenvalue weighted by atomic mass is 9.93. The summed E-state index contributed by atoms with van der Waals surface area (Å²) in [5.41, 5.74) is 0.404. The average molecular weight is 283 g/mol. The molecule has 2 heterocycles.